The minimum Gasteiger partial charge on any atom is -0.465 e. The molecule has 0 amide bonds. The van der Waals surface area contributed by atoms with Crippen LogP contribution in [0, 0.1) is 18.8 Å². The fourth-order valence-electron chi connectivity index (χ4n) is 3.09. The van der Waals surface area contributed by atoms with Gasteiger partial charge in [-0.15, -0.1) is 0 Å². The maximum Gasteiger partial charge on any atom is 0.316 e. The van der Waals surface area contributed by atoms with Crippen LogP contribution in [0.15, 0.2) is 33.5 Å². The highest BCUT2D eigenvalue weighted by atomic mass is 16.5. The molecule has 0 aliphatic heterocycles. The van der Waals surface area contributed by atoms with Gasteiger partial charge in [0.15, 0.2) is 5.43 Å². The van der Waals surface area contributed by atoms with Gasteiger partial charge in [-0.25, -0.2) is 0 Å². The molecule has 1 unspecified atom stereocenters. The maximum absolute atomic E-state index is 12.4. The van der Waals surface area contributed by atoms with Crippen LogP contribution in [0.25, 0.3) is 11.0 Å². The van der Waals surface area contributed by atoms with Gasteiger partial charge in [0.2, 0.25) is 0 Å². The van der Waals surface area contributed by atoms with E-state index in [1.165, 1.54) is 19.4 Å². The van der Waals surface area contributed by atoms with Gasteiger partial charge in [0.1, 0.15) is 23.0 Å². The van der Waals surface area contributed by atoms with E-state index < -0.39 is 11.9 Å². The van der Waals surface area contributed by atoms with Gasteiger partial charge < -0.3 is 9.15 Å². The average molecular weight is 342 g/mol. The summed E-state index contributed by atoms with van der Waals surface area (Å²) in [5.74, 6) is -0.694. The van der Waals surface area contributed by atoms with Crippen molar-refractivity contribution in [2.24, 2.45) is 11.8 Å². The Labute approximate surface area is 146 Å². The van der Waals surface area contributed by atoms with Crippen LogP contribution in [0.5, 0.6) is 0 Å². The van der Waals surface area contributed by atoms with Crippen LogP contribution in [0.4, 0.5) is 0 Å². The number of hydrogen-bond donors (Lipinski definition) is 0. The number of ketones is 1. The average Bonchev–Trinajstić information content (AvgIpc) is 2.50. The predicted octanol–water partition coefficient (Wildman–Crippen LogP) is 3.19. The number of para-hydroxylation sites is 1. The molecule has 0 bridgehead atoms. The van der Waals surface area contributed by atoms with Gasteiger partial charge in [-0.1, -0.05) is 18.6 Å². The van der Waals surface area contributed by atoms with Gasteiger partial charge in [-0.2, -0.15) is 0 Å². The lowest BCUT2D eigenvalue weighted by molar-refractivity contribution is -0.153. The number of aryl methyl sites for hydroxylation is 1. The van der Waals surface area contributed by atoms with Crippen molar-refractivity contribution in [1.29, 1.82) is 0 Å². The van der Waals surface area contributed by atoms with Gasteiger partial charge in [0, 0.05) is 6.07 Å². The molecule has 5 nitrogen and oxygen atoms in total. The number of Topliss-reactive ketones (excluding diaryl/α,β-unsaturated/α-hetero) is 1. The minimum absolute atomic E-state index is 0.132. The topological polar surface area (TPSA) is 73.6 Å². The Morgan fingerprint density at radius 2 is 2.08 bits per heavy atom. The summed E-state index contributed by atoms with van der Waals surface area (Å²) in [6.07, 6.45) is 3.49. The zero-order chi connectivity index (χ0) is 18.0. The van der Waals surface area contributed by atoms with Crippen LogP contribution in [-0.4, -0.2) is 18.4 Å². The van der Waals surface area contributed by atoms with E-state index in [0.717, 1.165) is 12.8 Å². The Kier molecular flexibility index (Phi) is 5.02. The highest BCUT2D eigenvalue weighted by molar-refractivity contribution is 5.98. The SMILES string of the molecule is CC(=O)C(Cc1cccc2c(=O)cc(C)oc12)C(=O)OCC1CCC1. The standard InChI is InChI=1S/C20H22O5/c1-12-9-18(22)16-8-4-7-15(19(16)25-12)10-17(13(2)21)20(23)24-11-14-5-3-6-14/h4,7-9,14,17H,3,5-6,10-11H2,1-2H3. The monoisotopic (exact) mass is 342 g/mol. The molecule has 1 aromatic heterocycles. The zero-order valence-corrected chi connectivity index (χ0v) is 14.5. The smallest absolute Gasteiger partial charge is 0.316 e. The maximum atomic E-state index is 12.4. The highest BCUT2D eigenvalue weighted by Crippen LogP contribution is 2.27. The van der Waals surface area contributed by atoms with Gasteiger partial charge >= 0.3 is 5.97 Å². The van der Waals surface area contributed by atoms with Crippen molar-refractivity contribution in [3.63, 3.8) is 0 Å². The summed E-state index contributed by atoms with van der Waals surface area (Å²) in [5, 5.41) is 0.452. The number of ether oxygens (including phenoxy) is 1. The van der Waals surface area contributed by atoms with Gasteiger partial charge in [0.25, 0.3) is 0 Å². The van der Waals surface area contributed by atoms with Crippen molar-refractivity contribution in [1.82, 2.24) is 0 Å². The summed E-state index contributed by atoms with van der Waals surface area (Å²) in [5.41, 5.74) is 0.970. The number of hydrogen-bond acceptors (Lipinski definition) is 5. The predicted molar refractivity (Wildman–Crippen MR) is 93.4 cm³/mol. The molecule has 1 aromatic carbocycles. The Balaban J connectivity index is 1.84. The van der Waals surface area contributed by atoms with Crippen molar-refractivity contribution >= 4 is 22.7 Å². The molecule has 0 saturated heterocycles. The second kappa shape index (κ2) is 7.21. The van der Waals surface area contributed by atoms with Gasteiger partial charge in [-0.3, -0.25) is 14.4 Å². The lowest BCUT2D eigenvalue weighted by Crippen LogP contribution is -2.29. The molecule has 1 fully saturated rings. The third-order valence-electron chi connectivity index (χ3n) is 4.84. The van der Waals surface area contributed by atoms with Crippen molar-refractivity contribution < 1.29 is 18.7 Å². The van der Waals surface area contributed by atoms with E-state index in [1.807, 2.05) is 0 Å². The minimum atomic E-state index is -0.878. The number of esters is 1. The van der Waals surface area contributed by atoms with Crippen molar-refractivity contribution in [2.75, 3.05) is 6.61 Å². The summed E-state index contributed by atoms with van der Waals surface area (Å²) in [7, 11) is 0. The fourth-order valence-corrected chi connectivity index (χ4v) is 3.09. The van der Waals surface area contributed by atoms with Crippen LogP contribution < -0.4 is 5.43 Å². The number of carbonyl (C=O) groups excluding carboxylic acids is 2. The van der Waals surface area contributed by atoms with Crippen LogP contribution in [0.3, 0.4) is 0 Å². The fraction of sp³-hybridized carbons (Fsp3) is 0.450. The van der Waals surface area contributed by atoms with Gasteiger partial charge in [0.05, 0.1) is 12.0 Å². The molecular formula is C20H22O5. The highest BCUT2D eigenvalue weighted by Gasteiger charge is 2.28. The summed E-state index contributed by atoms with van der Waals surface area (Å²) in [6.45, 7) is 3.47. The number of carbonyl (C=O) groups is 2. The van der Waals surface area contributed by atoms with E-state index >= 15 is 0 Å². The third-order valence-corrected chi connectivity index (χ3v) is 4.84. The second-order valence-electron chi connectivity index (χ2n) is 6.81. The van der Waals surface area contributed by atoms with Crippen LogP contribution in [0.1, 0.15) is 37.5 Å². The van der Waals surface area contributed by atoms with Crippen molar-refractivity contribution in [3.05, 3.63) is 45.8 Å². The molecule has 2 aromatic rings. The first-order chi connectivity index (χ1) is 12.0. The molecule has 5 heteroatoms. The molecule has 0 spiro atoms. The van der Waals surface area contributed by atoms with E-state index in [9.17, 15) is 14.4 Å². The summed E-state index contributed by atoms with van der Waals surface area (Å²) in [6, 6.07) is 6.63. The molecule has 1 saturated carbocycles. The molecule has 3 rings (SSSR count). The normalized spacial score (nSPS) is 15.6. The Morgan fingerprint density at radius 1 is 1.32 bits per heavy atom. The van der Waals surface area contributed by atoms with Crippen LogP contribution >= 0.6 is 0 Å². The largest absolute Gasteiger partial charge is 0.465 e. The number of rotatable bonds is 6. The summed E-state index contributed by atoms with van der Waals surface area (Å²) in [4.78, 5) is 36.5. The number of benzene rings is 1. The van der Waals surface area contributed by atoms with E-state index in [1.54, 1.807) is 25.1 Å². The Morgan fingerprint density at radius 3 is 2.72 bits per heavy atom. The third kappa shape index (κ3) is 3.81. The molecule has 1 atom stereocenters. The van der Waals surface area contributed by atoms with E-state index in [0.29, 0.717) is 34.8 Å². The van der Waals surface area contributed by atoms with E-state index in [-0.39, 0.29) is 17.6 Å². The lowest BCUT2D eigenvalue weighted by Gasteiger charge is -2.25. The molecule has 1 aliphatic rings. The Bertz CT molecular complexity index is 860. The lowest BCUT2D eigenvalue weighted by atomic mass is 9.86. The van der Waals surface area contributed by atoms with E-state index in [2.05, 4.69) is 0 Å². The molecule has 0 radical (unpaired) electrons. The molecule has 1 aliphatic carbocycles. The van der Waals surface area contributed by atoms with Crippen LogP contribution in [0.2, 0.25) is 0 Å². The van der Waals surface area contributed by atoms with Crippen LogP contribution in [-0.2, 0) is 20.7 Å². The molecule has 132 valence electrons. The zero-order valence-electron chi connectivity index (χ0n) is 14.5. The van der Waals surface area contributed by atoms with Crippen molar-refractivity contribution in [2.45, 2.75) is 39.5 Å². The molecule has 1 heterocycles. The van der Waals surface area contributed by atoms with Crippen molar-refractivity contribution in [3.8, 4) is 0 Å². The summed E-state index contributed by atoms with van der Waals surface area (Å²) < 4.78 is 11.0. The first-order valence-corrected chi connectivity index (χ1v) is 8.65. The van der Waals surface area contributed by atoms with E-state index in [4.69, 9.17) is 9.15 Å². The first-order valence-electron chi connectivity index (χ1n) is 8.65. The molecule has 0 N–H and O–H groups in total. The Hall–Kier alpha value is -2.43. The number of fused-ring (bicyclic) bond motifs is 1. The second-order valence-corrected chi connectivity index (χ2v) is 6.81. The molecular weight excluding hydrogens is 320 g/mol. The molecule has 25 heavy (non-hydrogen) atoms. The first kappa shape index (κ1) is 17.4. The quantitative estimate of drug-likeness (QED) is 0.595. The van der Waals surface area contributed by atoms with Gasteiger partial charge in [-0.05, 0) is 50.7 Å². The summed E-state index contributed by atoms with van der Waals surface area (Å²) >= 11 is 0.